The van der Waals surface area contributed by atoms with E-state index in [9.17, 15) is 23.9 Å². The summed E-state index contributed by atoms with van der Waals surface area (Å²) in [5, 5.41) is 18.2. The second kappa shape index (κ2) is 6.02. The average Bonchev–Trinajstić information content (AvgIpc) is 2.60. The Morgan fingerprint density at radius 1 is 1.28 bits per heavy atom. The van der Waals surface area contributed by atoms with Crippen LogP contribution in [-0.4, -0.2) is 20.2 Å². The maximum atomic E-state index is 14.4. The van der Waals surface area contributed by atoms with E-state index in [0.717, 1.165) is 25.0 Å². The van der Waals surface area contributed by atoms with Gasteiger partial charge in [-0.1, -0.05) is 0 Å². The first-order chi connectivity index (χ1) is 11.9. The molecule has 0 fully saturated rings. The van der Waals surface area contributed by atoms with Crippen LogP contribution in [-0.2, 0) is 19.9 Å². The van der Waals surface area contributed by atoms with Gasteiger partial charge in [0.25, 0.3) is 5.56 Å². The summed E-state index contributed by atoms with van der Waals surface area (Å²) in [4.78, 5) is 36.6. The highest BCUT2D eigenvalue weighted by Gasteiger charge is 2.24. The van der Waals surface area contributed by atoms with Crippen molar-refractivity contribution in [3.8, 4) is 11.8 Å². The Bertz CT molecular complexity index is 1060. The van der Waals surface area contributed by atoms with E-state index in [2.05, 4.69) is 0 Å². The van der Waals surface area contributed by atoms with E-state index >= 15 is 0 Å². The second-order valence-corrected chi connectivity index (χ2v) is 5.88. The molecular formula is C17H14FN3O4. The van der Waals surface area contributed by atoms with Gasteiger partial charge in [0.05, 0.1) is 16.8 Å². The molecule has 1 aliphatic carbocycles. The van der Waals surface area contributed by atoms with E-state index in [-0.39, 0.29) is 5.56 Å². The van der Waals surface area contributed by atoms with E-state index in [1.807, 2.05) is 0 Å². The van der Waals surface area contributed by atoms with Crippen LogP contribution in [0.1, 0.15) is 40.0 Å². The lowest BCUT2D eigenvalue weighted by Crippen LogP contribution is -2.43. The quantitative estimate of drug-likeness (QED) is 0.880. The first-order valence-corrected chi connectivity index (χ1v) is 7.68. The fourth-order valence-corrected chi connectivity index (χ4v) is 3.19. The molecule has 8 heteroatoms. The lowest BCUT2D eigenvalue weighted by molar-refractivity contribution is 0.0696. The maximum absolute atomic E-state index is 14.4. The van der Waals surface area contributed by atoms with Gasteiger partial charge in [-0.15, -0.1) is 0 Å². The summed E-state index contributed by atoms with van der Waals surface area (Å²) in [5.74, 6) is -2.45. The highest BCUT2D eigenvalue weighted by atomic mass is 19.1. The molecule has 1 aromatic heterocycles. The van der Waals surface area contributed by atoms with Crippen LogP contribution in [0.25, 0.3) is 5.69 Å². The van der Waals surface area contributed by atoms with Gasteiger partial charge in [-0.3, -0.25) is 4.79 Å². The van der Waals surface area contributed by atoms with Crippen molar-refractivity contribution in [1.82, 2.24) is 9.13 Å². The van der Waals surface area contributed by atoms with Crippen molar-refractivity contribution in [2.45, 2.75) is 25.7 Å². The molecule has 25 heavy (non-hydrogen) atoms. The van der Waals surface area contributed by atoms with Crippen LogP contribution in [0.4, 0.5) is 4.39 Å². The number of hydrogen-bond acceptors (Lipinski definition) is 4. The van der Waals surface area contributed by atoms with Gasteiger partial charge < -0.3 is 9.67 Å². The summed E-state index contributed by atoms with van der Waals surface area (Å²) in [7, 11) is 1.50. The highest BCUT2D eigenvalue weighted by Crippen LogP contribution is 2.20. The number of aromatic carboxylic acids is 1. The molecular weight excluding hydrogens is 329 g/mol. The van der Waals surface area contributed by atoms with Gasteiger partial charge in [-0.2, -0.15) is 5.26 Å². The molecule has 0 unspecified atom stereocenters. The number of aromatic nitrogens is 2. The molecule has 0 saturated carbocycles. The van der Waals surface area contributed by atoms with Crippen LogP contribution < -0.4 is 11.2 Å². The Morgan fingerprint density at radius 3 is 2.60 bits per heavy atom. The van der Waals surface area contributed by atoms with Gasteiger partial charge >= 0.3 is 11.7 Å². The van der Waals surface area contributed by atoms with Gasteiger partial charge in [-0.05, 0) is 37.8 Å². The summed E-state index contributed by atoms with van der Waals surface area (Å²) < 4.78 is 16.4. The fourth-order valence-electron chi connectivity index (χ4n) is 3.19. The van der Waals surface area contributed by atoms with Crippen LogP contribution in [0.2, 0.25) is 0 Å². The van der Waals surface area contributed by atoms with Crippen LogP contribution in [0.5, 0.6) is 0 Å². The number of rotatable bonds is 2. The van der Waals surface area contributed by atoms with Gasteiger partial charge in [0, 0.05) is 18.3 Å². The van der Waals surface area contributed by atoms with Gasteiger partial charge in [0.15, 0.2) is 0 Å². The summed E-state index contributed by atoms with van der Waals surface area (Å²) >= 11 is 0. The normalized spacial score (nSPS) is 13.2. The van der Waals surface area contributed by atoms with Crippen molar-refractivity contribution in [3.05, 3.63) is 61.2 Å². The predicted octanol–water partition coefficient (Wildman–Crippen LogP) is 1.12. The van der Waals surface area contributed by atoms with Crippen LogP contribution in [0, 0.1) is 17.1 Å². The van der Waals surface area contributed by atoms with Crippen molar-refractivity contribution in [3.63, 3.8) is 0 Å². The Morgan fingerprint density at radius 2 is 1.96 bits per heavy atom. The molecule has 0 bridgehead atoms. The number of nitrogens with zero attached hydrogens (tertiary/aromatic N) is 3. The number of nitriles is 1. The molecule has 7 nitrogen and oxygen atoms in total. The molecule has 0 aliphatic heterocycles. The third-order valence-corrected chi connectivity index (χ3v) is 4.46. The molecule has 0 atom stereocenters. The monoisotopic (exact) mass is 343 g/mol. The minimum absolute atomic E-state index is 0.378. The number of hydrogen-bond donors (Lipinski definition) is 1. The lowest BCUT2D eigenvalue weighted by Gasteiger charge is -2.20. The number of carbonyl (C=O) groups is 1. The second-order valence-electron chi connectivity index (χ2n) is 5.88. The third-order valence-electron chi connectivity index (χ3n) is 4.46. The van der Waals surface area contributed by atoms with Crippen LogP contribution in [0.3, 0.4) is 0 Å². The predicted molar refractivity (Wildman–Crippen MR) is 85.6 cm³/mol. The van der Waals surface area contributed by atoms with E-state index < -0.39 is 34.3 Å². The number of fused-ring (bicyclic) bond motifs is 1. The van der Waals surface area contributed by atoms with Crippen molar-refractivity contribution >= 4 is 5.97 Å². The first kappa shape index (κ1) is 16.6. The molecule has 1 N–H and O–H groups in total. The number of carboxylic acid groups (broad SMARTS) is 1. The fraction of sp³-hybridized carbons (Fsp3) is 0.294. The lowest BCUT2D eigenvalue weighted by atomic mass is 9.96. The molecule has 0 radical (unpaired) electrons. The van der Waals surface area contributed by atoms with E-state index in [1.54, 1.807) is 6.07 Å². The zero-order valence-electron chi connectivity index (χ0n) is 13.4. The molecule has 2 aromatic rings. The molecule has 1 aromatic carbocycles. The zero-order chi connectivity index (χ0) is 18.3. The highest BCUT2D eigenvalue weighted by molar-refractivity contribution is 5.91. The largest absolute Gasteiger partial charge is 0.478 e. The molecule has 128 valence electrons. The molecule has 0 amide bonds. The van der Waals surface area contributed by atoms with Crippen LogP contribution in [0.15, 0.2) is 21.7 Å². The molecule has 0 saturated heterocycles. The van der Waals surface area contributed by atoms with Crippen molar-refractivity contribution < 1.29 is 14.3 Å². The van der Waals surface area contributed by atoms with Crippen LogP contribution >= 0.6 is 0 Å². The topological polar surface area (TPSA) is 105 Å². The minimum Gasteiger partial charge on any atom is -0.478 e. The Labute approximate surface area is 141 Å². The molecule has 0 spiro atoms. The zero-order valence-corrected chi connectivity index (χ0v) is 13.4. The van der Waals surface area contributed by atoms with Gasteiger partial charge in [0.1, 0.15) is 11.9 Å². The minimum atomic E-state index is -1.44. The smallest absolute Gasteiger partial charge is 0.337 e. The summed E-state index contributed by atoms with van der Waals surface area (Å²) in [6, 6.07) is 3.18. The number of halogens is 1. The number of benzene rings is 1. The molecule has 1 heterocycles. The standard InChI is InChI=1S/C17H14FN3O4/c1-20-13-5-3-2-4-10(13)15(22)21(17(20)25)14-7-11(16(23)24)9(8-19)6-12(14)18/h6-7H,2-5H2,1H3,(H,23,24). The number of carboxylic acids is 1. The van der Waals surface area contributed by atoms with Gasteiger partial charge in [0.2, 0.25) is 0 Å². The van der Waals surface area contributed by atoms with E-state index in [1.165, 1.54) is 11.6 Å². The summed E-state index contributed by atoms with van der Waals surface area (Å²) in [6.07, 6.45) is 2.72. The average molecular weight is 343 g/mol. The Hall–Kier alpha value is -3.21. The third kappa shape index (κ3) is 2.54. The maximum Gasteiger partial charge on any atom is 0.337 e. The Balaban J connectivity index is 2.39. The summed E-state index contributed by atoms with van der Waals surface area (Å²) in [5.41, 5.74) is -1.63. The van der Waals surface area contributed by atoms with Crippen molar-refractivity contribution in [1.29, 1.82) is 5.26 Å². The molecule has 3 rings (SSSR count). The van der Waals surface area contributed by atoms with Crippen molar-refractivity contribution in [2.75, 3.05) is 0 Å². The molecule has 1 aliphatic rings. The Kier molecular flexibility index (Phi) is 4.00. The van der Waals surface area contributed by atoms with E-state index in [0.29, 0.717) is 28.7 Å². The SMILES string of the molecule is Cn1c2c(c(=O)n(-c3cc(C(=O)O)c(C#N)cc3F)c1=O)CCCC2. The van der Waals surface area contributed by atoms with E-state index in [4.69, 9.17) is 5.26 Å². The summed E-state index contributed by atoms with van der Waals surface area (Å²) in [6.45, 7) is 0. The van der Waals surface area contributed by atoms with Crippen molar-refractivity contribution in [2.24, 2.45) is 7.05 Å². The first-order valence-electron chi connectivity index (χ1n) is 7.68. The van der Waals surface area contributed by atoms with Gasteiger partial charge in [-0.25, -0.2) is 18.5 Å².